The molecule has 0 aliphatic carbocycles. The quantitative estimate of drug-likeness (QED) is 0.799. The first-order valence-corrected chi connectivity index (χ1v) is 7.46. The van der Waals surface area contributed by atoms with Gasteiger partial charge < -0.3 is 14.5 Å². The molecule has 0 aromatic carbocycles. The second-order valence-electron chi connectivity index (χ2n) is 4.74. The summed E-state index contributed by atoms with van der Waals surface area (Å²) in [5, 5.41) is 0.919. The van der Waals surface area contributed by atoms with E-state index in [1.54, 1.807) is 7.11 Å². The fourth-order valence-electron chi connectivity index (χ4n) is 2.31. The maximum absolute atomic E-state index is 13.2. The Morgan fingerprint density at radius 1 is 1.29 bits per heavy atom. The van der Waals surface area contributed by atoms with Crippen molar-refractivity contribution in [2.24, 2.45) is 0 Å². The molecule has 0 saturated carbocycles. The van der Waals surface area contributed by atoms with Crippen LogP contribution in [0.1, 0.15) is 5.82 Å². The number of nitrogens with zero attached hydrogens (tertiary/aromatic N) is 5. The Morgan fingerprint density at radius 2 is 2.05 bits per heavy atom. The number of halogens is 1. The van der Waals surface area contributed by atoms with Crippen LogP contribution in [0.2, 0.25) is 0 Å². The van der Waals surface area contributed by atoms with Gasteiger partial charge in [-0.3, -0.25) is 0 Å². The summed E-state index contributed by atoms with van der Waals surface area (Å²) in [7, 11) is 1.63. The molecule has 1 saturated heterocycles. The maximum Gasteiger partial charge on any atom is 0.214 e. The van der Waals surface area contributed by atoms with Crippen molar-refractivity contribution >= 4 is 22.4 Å². The number of aromatic nitrogens is 3. The fourth-order valence-corrected chi connectivity index (χ4v) is 3.03. The lowest BCUT2D eigenvalue weighted by atomic mass is 10.3. The minimum atomic E-state index is -0.441. The first-order chi connectivity index (χ1) is 10.3. The predicted octanol–water partition coefficient (Wildman–Crippen LogP) is 1.55. The van der Waals surface area contributed by atoms with Gasteiger partial charge in [0.25, 0.3) is 0 Å². The van der Waals surface area contributed by atoms with Crippen LogP contribution in [0.3, 0.4) is 0 Å². The van der Waals surface area contributed by atoms with E-state index in [4.69, 9.17) is 4.74 Å². The molecule has 2 aromatic rings. The molecule has 1 aliphatic heterocycles. The van der Waals surface area contributed by atoms with Crippen molar-refractivity contribution in [3.8, 4) is 0 Å². The SMILES string of the molecule is COCc1nsc(N2CCN(c3ccnc(F)c3)CC2)n1. The summed E-state index contributed by atoms with van der Waals surface area (Å²) in [4.78, 5) is 12.4. The minimum Gasteiger partial charge on any atom is -0.377 e. The number of methoxy groups -OCH3 is 1. The summed E-state index contributed by atoms with van der Waals surface area (Å²) in [6, 6.07) is 3.30. The highest BCUT2D eigenvalue weighted by Gasteiger charge is 2.20. The lowest BCUT2D eigenvalue weighted by Crippen LogP contribution is -2.46. The molecule has 8 heteroatoms. The predicted molar refractivity (Wildman–Crippen MR) is 79.2 cm³/mol. The molecule has 0 atom stereocenters. The zero-order chi connectivity index (χ0) is 14.7. The average Bonchev–Trinajstić information content (AvgIpc) is 2.97. The number of hydrogen-bond donors (Lipinski definition) is 0. The summed E-state index contributed by atoms with van der Waals surface area (Å²) in [6.07, 6.45) is 1.50. The molecule has 1 fully saturated rings. The Balaban J connectivity index is 1.61. The smallest absolute Gasteiger partial charge is 0.214 e. The number of piperazine rings is 1. The van der Waals surface area contributed by atoms with Gasteiger partial charge in [-0.1, -0.05) is 0 Å². The summed E-state index contributed by atoms with van der Waals surface area (Å²) < 4.78 is 22.5. The van der Waals surface area contributed by atoms with Crippen LogP contribution in [0.4, 0.5) is 15.2 Å². The van der Waals surface area contributed by atoms with Gasteiger partial charge in [-0.15, -0.1) is 0 Å². The third-order valence-corrected chi connectivity index (χ3v) is 4.17. The molecular weight excluding hydrogens is 293 g/mol. The molecule has 0 unspecified atom stereocenters. The summed E-state index contributed by atoms with van der Waals surface area (Å²) in [5.41, 5.74) is 0.875. The van der Waals surface area contributed by atoms with Crippen molar-refractivity contribution in [2.45, 2.75) is 6.61 Å². The van der Waals surface area contributed by atoms with E-state index in [9.17, 15) is 4.39 Å². The number of rotatable bonds is 4. The highest BCUT2D eigenvalue weighted by atomic mass is 32.1. The topological polar surface area (TPSA) is 54.4 Å². The molecule has 3 heterocycles. The molecule has 0 N–H and O–H groups in total. The van der Waals surface area contributed by atoms with Crippen LogP contribution in [-0.4, -0.2) is 47.6 Å². The first-order valence-electron chi connectivity index (χ1n) is 6.69. The van der Waals surface area contributed by atoms with Gasteiger partial charge in [0.15, 0.2) is 5.82 Å². The van der Waals surface area contributed by atoms with Gasteiger partial charge in [-0.25, -0.2) is 9.97 Å². The highest BCUT2D eigenvalue weighted by Crippen LogP contribution is 2.22. The molecule has 0 bridgehead atoms. The van der Waals surface area contributed by atoms with Gasteiger partial charge in [0.1, 0.15) is 6.61 Å². The normalized spacial score (nSPS) is 15.5. The number of ether oxygens (including phenoxy) is 1. The highest BCUT2D eigenvalue weighted by molar-refractivity contribution is 7.09. The molecule has 0 amide bonds. The van der Waals surface area contributed by atoms with Gasteiger partial charge in [-0.05, 0) is 6.07 Å². The number of anilines is 2. The Hall–Kier alpha value is -1.80. The summed E-state index contributed by atoms with van der Waals surface area (Å²) >= 11 is 1.39. The zero-order valence-corrected chi connectivity index (χ0v) is 12.5. The molecule has 1 aliphatic rings. The Bertz CT molecular complexity index is 600. The molecule has 3 rings (SSSR count). The van der Waals surface area contributed by atoms with Crippen LogP contribution >= 0.6 is 11.5 Å². The van der Waals surface area contributed by atoms with E-state index in [2.05, 4.69) is 24.1 Å². The fraction of sp³-hybridized carbons (Fsp3) is 0.462. The van der Waals surface area contributed by atoms with Crippen LogP contribution in [0.5, 0.6) is 0 Å². The van der Waals surface area contributed by atoms with Gasteiger partial charge in [-0.2, -0.15) is 8.76 Å². The van der Waals surface area contributed by atoms with E-state index < -0.39 is 5.95 Å². The molecule has 0 radical (unpaired) electrons. The average molecular weight is 309 g/mol. The van der Waals surface area contributed by atoms with E-state index in [1.807, 2.05) is 6.07 Å². The monoisotopic (exact) mass is 309 g/mol. The van der Waals surface area contributed by atoms with Crippen molar-refractivity contribution < 1.29 is 9.13 Å². The minimum absolute atomic E-state index is 0.437. The maximum atomic E-state index is 13.2. The van der Waals surface area contributed by atoms with Crippen LogP contribution in [0.15, 0.2) is 18.3 Å². The van der Waals surface area contributed by atoms with Crippen LogP contribution < -0.4 is 9.80 Å². The standard InChI is InChI=1S/C13H16FN5OS/c1-20-9-12-16-13(21-17-12)19-6-4-18(5-7-19)10-2-3-15-11(14)8-10/h2-3,8H,4-7,9H2,1H3. The molecular formula is C13H16FN5OS. The largest absolute Gasteiger partial charge is 0.377 e. The van der Waals surface area contributed by atoms with Crippen molar-refractivity contribution in [3.63, 3.8) is 0 Å². The van der Waals surface area contributed by atoms with E-state index in [1.165, 1.54) is 23.8 Å². The van der Waals surface area contributed by atoms with Gasteiger partial charge in [0.2, 0.25) is 11.1 Å². The van der Waals surface area contributed by atoms with Crippen molar-refractivity contribution in [2.75, 3.05) is 43.1 Å². The molecule has 0 spiro atoms. The second kappa shape index (κ2) is 6.31. The lowest BCUT2D eigenvalue weighted by Gasteiger charge is -2.35. The van der Waals surface area contributed by atoms with Gasteiger partial charge in [0.05, 0.1) is 0 Å². The van der Waals surface area contributed by atoms with Crippen molar-refractivity contribution in [3.05, 3.63) is 30.1 Å². The van der Waals surface area contributed by atoms with Gasteiger partial charge >= 0.3 is 0 Å². The first kappa shape index (κ1) is 14.2. The van der Waals surface area contributed by atoms with Crippen LogP contribution in [0, 0.1) is 5.95 Å². The van der Waals surface area contributed by atoms with Gasteiger partial charge in [0, 0.05) is 62.8 Å². The van der Waals surface area contributed by atoms with E-state index in [-0.39, 0.29) is 0 Å². The summed E-state index contributed by atoms with van der Waals surface area (Å²) in [6.45, 7) is 3.76. The van der Waals surface area contributed by atoms with Crippen molar-refractivity contribution in [1.29, 1.82) is 0 Å². The van der Waals surface area contributed by atoms with E-state index >= 15 is 0 Å². The third-order valence-electron chi connectivity index (χ3n) is 3.36. The van der Waals surface area contributed by atoms with Crippen LogP contribution in [-0.2, 0) is 11.3 Å². The molecule has 6 nitrogen and oxygen atoms in total. The third kappa shape index (κ3) is 3.27. The molecule has 112 valence electrons. The summed E-state index contributed by atoms with van der Waals surface area (Å²) in [5.74, 6) is 0.277. The zero-order valence-electron chi connectivity index (χ0n) is 11.7. The molecule has 21 heavy (non-hydrogen) atoms. The Morgan fingerprint density at radius 3 is 2.76 bits per heavy atom. The van der Waals surface area contributed by atoms with E-state index in [0.717, 1.165) is 42.8 Å². The Labute approximate surface area is 126 Å². The number of hydrogen-bond acceptors (Lipinski definition) is 7. The Kier molecular flexibility index (Phi) is 4.26. The van der Waals surface area contributed by atoms with Crippen LogP contribution in [0.25, 0.3) is 0 Å². The lowest BCUT2D eigenvalue weighted by molar-refractivity contribution is 0.179. The molecule has 2 aromatic heterocycles. The van der Waals surface area contributed by atoms with E-state index in [0.29, 0.717) is 6.61 Å². The second-order valence-corrected chi connectivity index (χ2v) is 5.47. The number of pyridine rings is 1. The van der Waals surface area contributed by atoms with Crippen molar-refractivity contribution in [1.82, 2.24) is 14.3 Å².